The summed E-state index contributed by atoms with van der Waals surface area (Å²) in [5.41, 5.74) is 1.48. The van der Waals surface area contributed by atoms with Crippen molar-refractivity contribution in [3.05, 3.63) is 42.1 Å². The van der Waals surface area contributed by atoms with Gasteiger partial charge in [0.2, 0.25) is 5.88 Å². The second-order valence-electron chi connectivity index (χ2n) is 7.43. The van der Waals surface area contributed by atoms with Gasteiger partial charge in [-0.3, -0.25) is 4.79 Å². The van der Waals surface area contributed by atoms with Gasteiger partial charge in [-0.1, -0.05) is 0 Å². The van der Waals surface area contributed by atoms with Crippen LogP contribution in [0.2, 0.25) is 0 Å². The molecular formula is C21H22N4O6. The summed E-state index contributed by atoms with van der Waals surface area (Å²) in [6.45, 7) is 0.255. The predicted octanol–water partition coefficient (Wildman–Crippen LogP) is 2.80. The molecule has 1 aliphatic rings. The summed E-state index contributed by atoms with van der Waals surface area (Å²) in [6, 6.07) is 8.41. The third-order valence-corrected chi connectivity index (χ3v) is 5.24. The molecule has 31 heavy (non-hydrogen) atoms. The number of ether oxygens (including phenoxy) is 2. The molecule has 1 aromatic carbocycles. The highest BCUT2D eigenvalue weighted by molar-refractivity contribution is 5.96. The molecule has 0 saturated heterocycles. The Balaban J connectivity index is 1.32. The molecule has 1 fully saturated rings. The van der Waals surface area contributed by atoms with Crippen LogP contribution in [-0.4, -0.2) is 51.5 Å². The van der Waals surface area contributed by atoms with Crippen molar-refractivity contribution in [2.75, 3.05) is 13.2 Å². The Morgan fingerprint density at radius 1 is 1.13 bits per heavy atom. The third-order valence-electron chi connectivity index (χ3n) is 5.24. The van der Waals surface area contributed by atoms with E-state index in [-0.39, 0.29) is 24.5 Å². The predicted molar refractivity (Wildman–Crippen MR) is 108 cm³/mol. The average molecular weight is 426 g/mol. The van der Waals surface area contributed by atoms with Crippen molar-refractivity contribution < 1.29 is 28.8 Å². The minimum Gasteiger partial charge on any atom is -0.480 e. The molecule has 0 radical (unpaired) electrons. The van der Waals surface area contributed by atoms with Crippen LogP contribution in [-0.2, 0) is 9.53 Å². The summed E-state index contributed by atoms with van der Waals surface area (Å²) < 4.78 is 15.9. The quantitative estimate of drug-likeness (QED) is 0.557. The molecular weight excluding hydrogens is 404 g/mol. The van der Waals surface area contributed by atoms with E-state index in [0.29, 0.717) is 34.8 Å². The molecule has 4 rings (SSSR count). The van der Waals surface area contributed by atoms with E-state index in [1.54, 1.807) is 36.5 Å². The normalized spacial score (nSPS) is 18.6. The van der Waals surface area contributed by atoms with Gasteiger partial charge in [0, 0.05) is 18.8 Å². The fraction of sp³-hybridized carbons (Fsp3) is 0.381. The molecule has 1 saturated carbocycles. The Hall–Kier alpha value is -3.53. The Kier molecular flexibility index (Phi) is 6.37. The monoisotopic (exact) mass is 426 g/mol. The first-order valence-corrected chi connectivity index (χ1v) is 10.1. The van der Waals surface area contributed by atoms with E-state index >= 15 is 0 Å². The molecule has 2 aromatic heterocycles. The molecule has 0 spiro atoms. The van der Waals surface area contributed by atoms with Crippen LogP contribution in [0.3, 0.4) is 0 Å². The van der Waals surface area contributed by atoms with Gasteiger partial charge in [-0.2, -0.15) is 0 Å². The van der Waals surface area contributed by atoms with Crippen molar-refractivity contribution in [2.45, 2.75) is 31.8 Å². The van der Waals surface area contributed by atoms with Crippen molar-refractivity contribution >= 4 is 22.9 Å². The molecule has 1 aliphatic carbocycles. The number of aliphatic carboxylic acids is 1. The van der Waals surface area contributed by atoms with Gasteiger partial charge >= 0.3 is 5.97 Å². The maximum Gasteiger partial charge on any atom is 0.329 e. The highest BCUT2D eigenvalue weighted by Gasteiger charge is 2.23. The lowest BCUT2D eigenvalue weighted by Crippen LogP contribution is -2.33. The summed E-state index contributed by atoms with van der Waals surface area (Å²) >= 11 is 0. The molecule has 1 amide bonds. The number of amides is 1. The van der Waals surface area contributed by atoms with Crippen molar-refractivity contribution in [3.63, 3.8) is 0 Å². The molecule has 0 atom stereocenters. The first-order valence-electron chi connectivity index (χ1n) is 10.1. The number of hydrogen-bond acceptors (Lipinski definition) is 8. The van der Waals surface area contributed by atoms with E-state index in [0.717, 1.165) is 25.7 Å². The number of benzene rings is 1. The van der Waals surface area contributed by atoms with E-state index in [4.69, 9.17) is 14.6 Å². The molecule has 0 aliphatic heterocycles. The van der Waals surface area contributed by atoms with E-state index < -0.39 is 5.97 Å². The van der Waals surface area contributed by atoms with Crippen LogP contribution in [0.1, 0.15) is 36.0 Å². The number of nitrogens with zero attached hydrogens (tertiary/aromatic N) is 3. The number of fused-ring (bicyclic) bond motifs is 1. The molecule has 10 nitrogen and oxygen atoms in total. The van der Waals surface area contributed by atoms with Gasteiger partial charge in [0.15, 0.2) is 0 Å². The number of nitrogens with one attached hydrogen (secondary N) is 1. The lowest BCUT2D eigenvalue weighted by atomic mass is 9.87. The lowest BCUT2D eigenvalue weighted by molar-refractivity contribution is -0.145. The van der Waals surface area contributed by atoms with Crippen LogP contribution in [0.15, 0.2) is 41.2 Å². The summed E-state index contributed by atoms with van der Waals surface area (Å²) in [6.07, 6.45) is 4.84. The Labute approximate surface area is 177 Å². The second-order valence-corrected chi connectivity index (χ2v) is 7.43. The molecule has 2 N–H and O–H groups in total. The largest absolute Gasteiger partial charge is 0.480 e. The molecule has 0 bridgehead atoms. The first kappa shape index (κ1) is 20.7. The maximum absolute atomic E-state index is 12.8. The Morgan fingerprint density at radius 2 is 1.94 bits per heavy atom. The van der Waals surface area contributed by atoms with Crippen molar-refractivity contribution in [2.24, 2.45) is 5.92 Å². The fourth-order valence-electron chi connectivity index (χ4n) is 3.61. The number of carbonyl (C=O) groups is 2. The number of carboxylic acids is 1. The number of carbonyl (C=O) groups excluding carboxylic acids is 1. The lowest BCUT2D eigenvalue weighted by Gasteiger charge is -2.28. The van der Waals surface area contributed by atoms with Gasteiger partial charge in [0.1, 0.15) is 29.0 Å². The van der Waals surface area contributed by atoms with Gasteiger partial charge in [-0.25, -0.2) is 14.4 Å². The van der Waals surface area contributed by atoms with Crippen LogP contribution < -0.4 is 10.1 Å². The summed E-state index contributed by atoms with van der Waals surface area (Å²) in [7, 11) is 0. The average Bonchev–Trinajstić information content (AvgIpc) is 3.25. The molecule has 162 valence electrons. The van der Waals surface area contributed by atoms with E-state index in [9.17, 15) is 9.59 Å². The van der Waals surface area contributed by atoms with Gasteiger partial charge in [0.05, 0.1) is 6.10 Å². The Morgan fingerprint density at radius 3 is 2.74 bits per heavy atom. The zero-order chi connectivity index (χ0) is 21.6. The van der Waals surface area contributed by atoms with Crippen LogP contribution in [0.25, 0.3) is 11.0 Å². The number of hydrogen-bond donors (Lipinski definition) is 2. The number of aromatic nitrogens is 3. The van der Waals surface area contributed by atoms with Crippen molar-refractivity contribution in [1.82, 2.24) is 20.6 Å². The summed E-state index contributed by atoms with van der Waals surface area (Å²) in [5.74, 6) is -0.244. The van der Waals surface area contributed by atoms with Crippen LogP contribution in [0.5, 0.6) is 11.6 Å². The fourth-order valence-corrected chi connectivity index (χ4v) is 3.61. The minimum absolute atomic E-state index is 0.0290. The number of rotatable bonds is 8. The zero-order valence-corrected chi connectivity index (χ0v) is 16.7. The highest BCUT2D eigenvalue weighted by atomic mass is 16.6. The third kappa shape index (κ3) is 5.34. The van der Waals surface area contributed by atoms with Crippen molar-refractivity contribution in [3.8, 4) is 11.6 Å². The maximum atomic E-state index is 12.8. The van der Waals surface area contributed by atoms with Gasteiger partial charge in [-0.05, 0) is 66.2 Å². The second kappa shape index (κ2) is 9.52. The van der Waals surface area contributed by atoms with Crippen LogP contribution in [0.4, 0.5) is 0 Å². The van der Waals surface area contributed by atoms with Crippen LogP contribution >= 0.6 is 0 Å². The topological polar surface area (TPSA) is 137 Å². The summed E-state index contributed by atoms with van der Waals surface area (Å²) in [4.78, 5) is 27.6. The minimum atomic E-state index is -0.957. The standard InChI is InChI=1S/C21H22N4O6/c26-19(27)12-29-14-5-3-13(4-6-14)11-23-20(28)16-2-1-9-22-21(16)30-15-7-8-17-18(10-15)25-31-24-17/h1-2,7-10,13-14H,3-6,11-12H2,(H,23,28)(H,26,27). The number of pyridine rings is 1. The van der Waals surface area contributed by atoms with Gasteiger partial charge in [0.25, 0.3) is 5.91 Å². The Bertz CT molecular complexity index is 1060. The molecule has 3 aromatic rings. The van der Waals surface area contributed by atoms with Gasteiger partial charge < -0.3 is 19.9 Å². The first-order chi connectivity index (χ1) is 15.1. The van der Waals surface area contributed by atoms with Gasteiger partial charge in [-0.15, -0.1) is 0 Å². The van der Waals surface area contributed by atoms with Crippen molar-refractivity contribution in [1.29, 1.82) is 0 Å². The van der Waals surface area contributed by atoms with E-state index in [2.05, 4.69) is 25.2 Å². The van der Waals surface area contributed by atoms with E-state index in [1.807, 2.05) is 0 Å². The summed E-state index contributed by atoms with van der Waals surface area (Å²) in [5, 5.41) is 19.2. The molecule has 10 heteroatoms. The SMILES string of the molecule is O=C(O)COC1CCC(CNC(=O)c2cccnc2Oc2ccc3nonc3c2)CC1. The number of carboxylic acid groups (broad SMARTS) is 1. The zero-order valence-electron chi connectivity index (χ0n) is 16.7. The molecule has 2 heterocycles. The molecule has 0 unspecified atom stereocenters. The van der Waals surface area contributed by atoms with Crippen LogP contribution in [0, 0.1) is 5.92 Å². The van der Waals surface area contributed by atoms with E-state index in [1.165, 1.54) is 0 Å². The highest BCUT2D eigenvalue weighted by Crippen LogP contribution is 2.27. The smallest absolute Gasteiger partial charge is 0.329 e.